The van der Waals surface area contributed by atoms with Gasteiger partial charge in [0.2, 0.25) is 5.91 Å². The Hall–Kier alpha value is -1.66. The lowest BCUT2D eigenvalue weighted by molar-refractivity contribution is -0.121. The number of ether oxygens (including phenoxy) is 1. The predicted molar refractivity (Wildman–Crippen MR) is 95.9 cm³/mol. The van der Waals surface area contributed by atoms with Gasteiger partial charge in [-0.15, -0.1) is 0 Å². The Kier molecular flexibility index (Phi) is 8.15. The van der Waals surface area contributed by atoms with E-state index in [1.54, 1.807) is 18.2 Å². The fourth-order valence-corrected chi connectivity index (χ4v) is 2.20. The summed E-state index contributed by atoms with van der Waals surface area (Å²) in [4.78, 5) is 23.1. The number of rotatable bonds is 7. The monoisotopic (exact) mass is 375 g/mol. The van der Waals surface area contributed by atoms with Gasteiger partial charge in [0, 0.05) is 17.1 Å². The lowest BCUT2D eigenvalue weighted by Gasteiger charge is -2.20. The van der Waals surface area contributed by atoms with E-state index in [4.69, 9.17) is 27.9 Å². The molecular formula is C16H23Cl2N3O3. The van der Waals surface area contributed by atoms with Gasteiger partial charge in [0.1, 0.15) is 5.75 Å². The van der Waals surface area contributed by atoms with Gasteiger partial charge < -0.3 is 20.7 Å². The maximum atomic E-state index is 11.6. The van der Waals surface area contributed by atoms with Crippen molar-refractivity contribution in [2.45, 2.75) is 32.7 Å². The molecule has 0 aliphatic rings. The number of amides is 3. The summed E-state index contributed by atoms with van der Waals surface area (Å²) in [7, 11) is 0. The predicted octanol–water partition coefficient (Wildman–Crippen LogP) is 2.98. The minimum Gasteiger partial charge on any atom is -0.492 e. The largest absolute Gasteiger partial charge is 0.492 e. The zero-order valence-corrected chi connectivity index (χ0v) is 15.6. The lowest BCUT2D eigenvalue weighted by atomic mass is 10.1. The summed E-state index contributed by atoms with van der Waals surface area (Å²) in [5.74, 6) is 0.308. The number of halogens is 2. The summed E-state index contributed by atoms with van der Waals surface area (Å²) >= 11 is 11.8. The van der Waals surface area contributed by atoms with Crippen molar-refractivity contribution in [2.75, 3.05) is 19.7 Å². The van der Waals surface area contributed by atoms with E-state index in [0.717, 1.165) is 0 Å². The number of urea groups is 1. The first kappa shape index (κ1) is 20.4. The van der Waals surface area contributed by atoms with Crippen molar-refractivity contribution < 1.29 is 14.3 Å². The number of nitrogens with one attached hydrogen (secondary N) is 3. The molecule has 134 valence electrons. The summed E-state index contributed by atoms with van der Waals surface area (Å²) in [6.45, 7) is 6.36. The van der Waals surface area contributed by atoms with Crippen LogP contribution < -0.4 is 20.7 Å². The van der Waals surface area contributed by atoms with E-state index in [2.05, 4.69) is 16.0 Å². The molecule has 0 aliphatic carbocycles. The van der Waals surface area contributed by atoms with Crippen molar-refractivity contribution in [3.63, 3.8) is 0 Å². The summed E-state index contributed by atoms with van der Waals surface area (Å²) in [6, 6.07) is 4.59. The van der Waals surface area contributed by atoms with Gasteiger partial charge >= 0.3 is 6.03 Å². The molecule has 0 saturated heterocycles. The molecule has 0 unspecified atom stereocenters. The highest BCUT2D eigenvalue weighted by Gasteiger charge is 2.13. The molecule has 0 atom stereocenters. The van der Waals surface area contributed by atoms with Crippen molar-refractivity contribution in [1.29, 1.82) is 0 Å². The van der Waals surface area contributed by atoms with E-state index in [1.807, 2.05) is 20.8 Å². The number of hydrogen-bond donors (Lipinski definition) is 3. The minimum atomic E-state index is -0.399. The molecule has 0 fully saturated rings. The first-order valence-corrected chi connectivity index (χ1v) is 8.33. The Morgan fingerprint density at radius 1 is 1.17 bits per heavy atom. The van der Waals surface area contributed by atoms with E-state index in [0.29, 0.717) is 35.4 Å². The van der Waals surface area contributed by atoms with Crippen molar-refractivity contribution >= 4 is 35.1 Å². The van der Waals surface area contributed by atoms with E-state index < -0.39 is 6.03 Å². The molecule has 1 aromatic carbocycles. The fourth-order valence-electron chi connectivity index (χ4n) is 1.73. The Balaban J connectivity index is 2.14. The third-order valence-electron chi connectivity index (χ3n) is 2.68. The molecule has 0 bridgehead atoms. The van der Waals surface area contributed by atoms with Gasteiger partial charge in [-0.05, 0) is 45.4 Å². The topological polar surface area (TPSA) is 79.5 Å². The molecule has 3 amide bonds. The van der Waals surface area contributed by atoms with Crippen LogP contribution in [0.4, 0.5) is 4.79 Å². The second kappa shape index (κ2) is 9.59. The maximum Gasteiger partial charge on any atom is 0.315 e. The van der Waals surface area contributed by atoms with Gasteiger partial charge in [0.15, 0.2) is 0 Å². The number of carbonyl (C=O) groups excluding carboxylic acids is 2. The molecular weight excluding hydrogens is 353 g/mol. The fraction of sp³-hybridized carbons (Fsp3) is 0.500. The molecule has 6 nitrogen and oxygen atoms in total. The molecule has 0 aromatic heterocycles. The Labute approximate surface area is 152 Å². The summed E-state index contributed by atoms with van der Waals surface area (Å²) in [5, 5.41) is 8.88. The second-order valence-corrected chi connectivity index (χ2v) is 7.03. The second-order valence-electron chi connectivity index (χ2n) is 6.18. The average Bonchev–Trinajstić information content (AvgIpc) is 2.45. The van der Waals surface area contributed by atoms with Crippen LogP contribution >= 0.6 is 23.2 Å². The van der Waals surface area contributed by atoms with E-state index in [1.165, 1.54) is 0 Å². The molecule has 1 aromatic rings. The molecule has 0 radical (unpaired) electrons. The molecule has 1 rings (SSSR count). The van der Waals surface area contributed by atoms with Crippen LogP contribution in [-0.2, 0) is 4.79 Å². The van der Waals surface area contributed by atoms with Crippen LogP contribution in [-0.4, -0.2) is 37.2 Å². The Morgan fingerprint density at radius 2 is 1.88 bits per heavy atom. The quantitative estimate of drug-likeness (QED) is 0.640. The van der Waals surface area contributed by atoms with Crippen LogP contribution in [0.25, 0.3) is 0 Å². The Morgan fingerprint density at radius 3 is 2.50 bits per heavy atom. The summed E-state index contributed by atoms with van der Waals surface area (Å²) in [6.07, 6.45) is 0.598. The van der Waals surface area contributed by atoms with Crippen molar-refractivity contribution in [1.82, 2.24) is 16.0 Å². The molecule has 0 aliphatic heterocycles. The summed E-state index contributed by atoms with van der Waals surface area (Å²) in [5.41, 5.74) is -0.324. The van der Waals surface area contributed by atoms with E-state index >= 15 is 0 Å². The molecule has 0 heterocycles. The van der Waals surface area contributed by atoms with Gasteiger partial charge in [-0.2, -0.15) is 0 Å². The third-order valence-corrected chi connectivity index (χ3v) is 3.21. The van der Waals surface area contributed by atoms with Crippen LogP contribution in [0, 0.1) is 0 Å². The number of hydrogen-bond acceptors (Lipinski definition) is 3. The molecule has 3 N–H and O–H groups in total. The highest BCUT2D eigenvalue weighted by atomic mass is 35.5. The summed E-state index contributed by atoms with van der Waals surface area (Å²) < 4.78 is 5.50. The van der Waals surface area contributed by atoms with Gasteiger partial charge in [0.25, 0.3) is 0 Å². The molecule has 8 heteroatoms. The van der Waals surface area contributed by atoms with Crippen LogP contribution in [0.15, 0.2) is 18.2 Å². The van der Waals surface area contributed by atoms with Crippen molar-refractivity contribution in [3.05, 3.63) is 28.2 Å². The minimum absolute atomic E-state index is 0.0695. The van der Waals surface area contributed by atoms with Crippen LogP contribution in [0.3, 0.4) is 0 Å². The van der Waals surface area contributed by atoms with Crippen molar-refractivity contribution in [3.8, 4) is 5.75 Å². The first-order chi connectivity index (χ1) is 11.2. The van der Waals surface area contributed by atoms with Crippen molar-refractivity contribution in [2.24, 2.45) is 0 Å². The molecule has 0 spiro atoms. The zero-order valence-electron chi connectivity index (χ0n) is 14.0. The number of carbonyl (C=O) groups is 2. The highest BCUT2D eigenvalue weighted by molar-refractivity contribution is 6.35. The van der Waals surface area contributed by atoms with E-state index in [9.17, 15) is 9.59 Å². The Bertz CT molecular complexity index is 574. The molecule has 24 heavy (non-hydrogen) atoms. The third kappa shape index (κ3) is 8.84. The SMILES string of the molecule is CC(C)(C)NC(=O)CNC(=O)NCCCOc1ccc(Cl)cc1Cl. The van der Waals surface area contributed by atoms with Gasteiger partial charge in [-0.1, -0.05) is 23.2 Å². The zero-order chi connectivity index (χ0) is 18.2. The smallest absolute Gasteiger partial charge is 0.315 e. The van der Waals surface area contributed by atoms with Crippen LogP contribution in [0.2, 0.25) is 10.0 Å². The van der Waals surface area contributed by atoms with E-state index in [-0.39, 0.29) is 18.0 Å². The van der Waals surface area contributed by atoms with Gasteiger partial charge in [-0.3, -0.25) is 4.79 Å². The molecule has 0 saturated carbocycles. The number of benzene rings is 1. The maximum absolute atomic E-state index is 11.6. The average molecular weight is 376 g/mol. The normalized spacial score (nSPS) is 10.9. The lowest BCUT2D eigenvalue weighted by Crippen LogP contribution is -2.47. The van der Waals surface area contributed by atoms with Gasteiger partial charge in [0.05, 0.1) is 18.2 Å². The first-order valence-electron chi connectivity index (χ1n) is 7.58. The van der Waals surface area contributed by atoms with Gasteiger partial charge in [-0.25, -0.2) is 4.79 Å². The van der Waals surface area contributed by atoms with Crippen LogP contribution in [0.5, 0.6) is 5.75 Å². The standard InChI is InChI=1S/C16H23Cl2N3O3/c1-16(2,3)21-14(22)10-20-15(23)19-7-4-8-24-13-6-5-11(17)9-12(13)18/h5-6,9H,4,7-8,10H2,1-3H3,(H,21,22)(H2,19,20,23). The highest BCUT2D eigenvalue weighted by Crippen LogP contribution is 2.27. The van der Waals surface area contributed by atoms with Crippen LogP contribution in [0.1, 0.15) is 27.2 Å².